The van der Waals surface area contributed by atoms with E-state index in [0.29, 0.717) is 26.8 Å². The van der Waals surface area contributed by atoms with Gasteiger partial charge in [0.15, 0.2) is 0 Å². The summed E-state index contributed by atoms with van der Waals surface area (Å²) in [5, 5.41) is 24.3. The van der Waals surface area contributed by atoms with Gasteiger partial charge in [-0.25, -0.2) is 4.98 Å². The molecule has 1 aliphatic rings. The highest BCUT2D eigenvalue weighted by atomic mass is 79.9. The Bertz CT molecular complexity index is 798. The van der Waals surface area contributed by atoms with E-state index in [2.05, 4.69) is 26.2 Å². The molecule has 3 unspecified atom stereocenters. The van der Waals surface area contributed by atoms with Crippen LogP contribution in [0.2, 0.25) is 5.02 Å². The molecular weight excluding hydrogens is 398 g/mol. The van der Waals surface area contributed by atoms with E-state index in [9.17, 15) is 15.0 Å². The van der Waals surface area contributed by atoms with Gasteiger partial charge in [0, 0.05) is 10.5 Å². The lowest BCUT2D eigenvalue weighted by molar-refractivity contribution is 0.0539. The Morgan fingerprint density at radius 3 is 3.04 bits per heavy atom. The van der Waals surface area contributed by atoms with Crippen molar-refractivity contribution >= 4 is 38.4 Å². The predicted molar refractivity (Wildman–Crippen MR) is 96.4 cm³/mol. The highest BCUT2D eigenvalue weighted by molar-refractivity contribution is 9.10. The zero-order valence-corrected chi connectivity index (χ0v) is 15.3. The van der Waals surface area contributed by atoms with Crippen molar-refractivity contribution in [3.63, 3.8) is 0 Å². The number of rotatable bonds is 4. The molecule has 0 amide bonds. The molecule has 0 saturated carbocycles. The van der Waals surface area contributed by atoms with E-state index in [0.717, 1.165) is 19.4 Å². The monoisotopic (exact) mass is 415 g/mol. The average molecular weight is 417 g/mol. The van der Waals surface area contributed by atoms with Gasteiger partial charge in [-0.2, -0.15) is 0 Å². The van der Waals surface area contributed by atoms with Crippen molar-refractivity contribution in [3.05, 3.63) is 38.3 Å². The van der Waals surface area contributed by atoms with Gasteiger partial charge in [-0.1, -0.05) is 11.6 Å². The number of fused-ring (bicyclic) bond motifs is 1. The molecule has 130 valence electrons. The van der Waals surface area contributed by atoms with Crippen molar-refractivity contribution in [3.8, 4) is 0 Å². The molecule has 3 rings (SSSR count). The normalized spacial score (nSPS) is 22.7. The van der Waals surface area contributed by atoms with Crippen molar-refractivity contribution in [1.82, 2.24) is 14.9 Å². The highest BCUT2D eigenvalue weighted by Gasteiger charge is 2.25. The van der Waals surface area contributed by atoms with E-state index in [1.54, 1.807) is 12.1 Å². The summed E-state index contributed by atoms with van der Waals surface area (Å²) in [6.45, 7) is 0.958. The second-order valence-corrected chi connectivity index (χ2v) is 7.41. The van der Waals surface area contributed by atoms with Gasteiger partial charge < -0.3 is 15.5 Å². The highest BCUT2D eigenvalue weighted by Crippen LogP contribution is 2.25. The Labute approximate surface area is 152 Å². The van der Waals surface area contributed by atoms with Crippen molar-refractivity contribution in [2.75, 3.05) is 6.54 Å². The minimum absolute atomic E-state index is 0.125. The summed E-state index contributed by atoms with van der Waals surface area (Å²) >= 11 is 9.36. The molecule has 0 bridgehead atoms. The molecule has 8 heteroatoms. The lowest BCUT2D eigenvalue weighted by Gasteiger charge is -2.30. The van der Waals surface area contributed by atoms with E-state index in [1.807, 2.05) is 0 Å². The third kappa shape index (κ3) is 3.81. The van der Waals surface area contributed by atoms with E-state index < -0.39 is 12.2 Å². The third-order valence-corrected chi connectivity index (χ3v) is 5.54. The van der Waals surface area contributed by atoms with Crippen molar-refractivity contribution < 1.29 is 10.2 Å². The number of aliphatic hydroxyl groups excluding tert-OH is 2. The van der Waals surface area contributed by atoms with Crippen LogP contribution in [0.15, 0.2) is 27.7 Å². The lowest BCUT2D eigenvalue weighted by atomic mass is 9.96. The number of nitrogens with one attached hydrogen (secondary N) is 1. The van der Waals surface area contributed by atoms with Crippen molar-refractivity contribution in [1.29, 1.82) is 0 Å². The lowest BCUT2D eigenvalue weighted by Crippen LogP contribution is -2.47. The molecule has 1 aliphatic heterocycles. The summed E-state index contributed by atoms with van der Waals surface area (Å²) in [6, 6.07) is 3.12. The van der Waals surface area contributed by atoms with Gasteiger partial charge in [0.25, 0.3) is 5.56 Å². The van der Waals surface area contributed by atoms with E-state index in [1.165, 1.54) is 10.9 Å². The molecule has 3 N–H and O–H groups in total. The summed E-state index contributed by atoms with van der Waals surface area (Å²) in [6.07, 6.45) is 2.26. The summed E-state index contributed by atoms with van der Waals surface area (Å²) in [5.41, 5.74) is 0.303. The fourth-order valence-corrected chi connectivity index (χ4v) is 3.55. The van der Waals surface area contributed by atoms with Crippen LogP contribution in [0.1, 0.15) is 19.3 Å². The first-order chi connectivity index (χ1) is 11.5. The molecule has 2 aromatic rings. The molecule has 0 spiro atoms. The van der Waals surface area contributed by atoms with Crippen LogP contribution in [0.3, 0.4) is 0 Å². The first-order valence-electron chi connectivity index (χ1n) is 7.89. The van der Waals surface area contributed by atoms with Crippen LogP contribution >= 0.6 is 27.5 Å². The molecular formula is C16H19BrClN3O3. The number of hydrogen-bond acceptors (Lipinski definition) is 5. The second-order valence-electron chi connectivity index (χ2n) is 6.15. The SMILES string of the molecule is O=c1c2cc(Cl)c(Br)cc2ncn1CC(O)CC1NCCCC1O. The van der Waals surface area contributed by atoms with Crippen LogP contribution in [-0.2, 0) is 6.54 Å². The molecule has 1 fully saturated rings. The zero-order valence-electron chi connectivity index (χ0n) is 13.0. The zero-order chi connectivity index (χ0) is 17.3. The number of piperidine rings is 1. The molecule has 1 aromatic heterocycles. The van der Waals surface area contributed by atoms with Crippen LogP contribution in [0.4, 0.5) is 0 Å². The van der Waals surface area contributed by atoms with Crippen LogP contribution in [0.5, 0.6) is 0 Å². The summed E-state index contributed by atoms with van der Waals surface area (Å²) < 4.78 is 2.06. The van der Waals surface area contributed by atoms with Gasteiger partial charge >= 0.3 is 0 Å². The predicted octanol–water partition coefficient (Wildman–Crippen LogP) is 1.68. The Hall–Kier alpha value is -0.990. The molecule has 0 radical (unpaired) electrons. The molecule has 6 nitrogen and oxygen atoms in total. The molecule has 2 heterocycles. The van der Waals surface area contributed by atoms with E-state index in [-0.39, 0.29) is 18.1 Å². The Morgan fingerprint density at radius 1 is 1.50 bits per heavy atom. The number of aromatic nitrogens is 2. The summed E-state index contributed by atoms with van der Waals surface area (Å²) in [7, 11) is 0. The average Bonchev–Trinajstić information content (AvgIpc) is 2.54. The Balaban J connectivity index is 1.78. The second kappa shape index (κ2) is 7.49. The third-order valence-electron chi connectivity index (χ3n) is 4.35. The van der Waals surface area contributed by atoms with Crippen molar-refractivity contribution in [2.24, 2.45) is 0 Å². The smallest absolute Gasteiger partial charge is 0.261 e. The molecule has 0 aliphatic carbocycles. The summed E-state index contributed by atoms with van der Waals surface area (Å²) in [5.74, 6) is 0. The molecule has 3 atom stereocenters. The fraction of sp³-hybridized carbons (Fsp3) is 0.500. The number of halogens is 2. The van der Waals surface area contributed by atoms with E-state index in [4.69, 9.17) is 11.6 Å². The Morgan fingerprint density at radius 2 is 2.29 bits per heavy atom. The minimum atomic E-state index is -0.752. The van der Waals surface area contributed by atoms with Gasteiger partial charge in [-0.3, -0.25) is 9.36 Å². The Kier molecular flexibility index (Phi) is 5.56. The maximum atomic E-state index is 12.6. The standard InChI is InChI=1S/C16H19BrClN3O3/c17-11-6-13-10(5-12(11)18)16(24)21(8-20-13)7-9(22)4-14-15(23)2-1-3-19-14/h5-6,8-9,14-15,19,22-23H,1-4,7H2. The van der Waals surface area contributed by atoms with Crippen LogP contribution in [0, 0.1) is 0 Å². The largest absolute Gasteiger partial charge is 0.392 e. The first-order valence-corrected chi connectivity index (χ1v) is 9.06. The van der Waals surface area contributed by atoms with Gasteiger partial charge in [0.1, 0.15) is 0 Å². The quantitative estimate of drug-likeness (QED) is 0.706. The topological polar surface area (TPSA) is 87.4 Å². The van der Waals surface area contributed by atoms with Gasteiger partial charge in [-0.15, -0.1) is 0 Å². The van der Waals surface area contributed by atoms with E-state index >= 15 is 0 Å². The maximum Gasteiger partial charge on any atom is 0.261 e. The van der Waals surface area contributed by atoms with Crippen LogP contribution in [-0.4, -0.2) is 44.6 Å². The molecule has 24 heavy (non-hydrogen) atoms. The maximum absolute atomic E-state index is 12.6. The minimum Gasteiger partial charge on any atom is -0.392 e. The molecule has 1 saturated heterocycles. The number of benzene rings is 1. The number of hydrogen-bond donors (Lipinski definition) is 3. The number of nitrogens with zero attached hydrogens (tertiary/aromatic N) is 2. The van der Waals surface area contributed by atoms with Gasteiger partial charge in [0.2, 0.25) is 0 Å². The fourth-order valence-electron chi connectivity index (χ4n) is 3.05. The summed E-state index contributed by atoms with van der Waals surface area (Å²) in [4.78, 5) is 16.8. The molecule has 1 aromatic carbocycles. The van der Waals surface area contributed by atoms with Crippen LogP contribution < -0.4 is 10.9 Å². The van der Waals surface area contributed by atoms with Crippen molar-refractivity contribution in [2.45, 2.75) is 44.1 Å². The first kappa shape index (κ1) is 17.8. The van der Waals surface area contributed by atoms with Gasteiger partial charge in [0.05, 0.1) is 41.0 Å². The van der Waals surface area contributed by atoms with Gasteiger partial charge in [-0.05, 0) is 53.9 Å². The number of aliphatic hydroxyl groups is 2. The van der Waals surface area contributed by atoms with Crippen LogP contribution in [0.25, 0.3) is 10.9 Å².